The van der Waals surface area contributed by atoms with Crippen LogP contribution < -0.4 is 0 Å². The van der Waals surface area contributed by atoms with Crippen molar-refractivity contribution in [2.45, 2.75) is 19.8 Å². The van der Waals surface area contributed by atoms with Crippen LogP contribution in [0.1, 0.15) is 46.2 Å². The van der Waals surface area contributed by atoms with Gasteiger partial charge in [-0.15, -0.1) is 5.10 Å². The number of rotatable bonds is 4. The van der Waals surface area contributed by atoms with Crippen LogP contribution in [-0.2, 0) is 4.74 Å². The van der Waals surface area contributed by atoms with E-state index in [2.05, 4.69) is 24.2 Å². The maximum atomic E-state index is 12.1. The van der Waals surface area contributed by atoms with E-state index in [0.717, 1.165) is 5.69 Å². The molecule has 2 aromatic carbocycles. The summed E-state index contributed by atoms with van der Waals surface area (Å²) >= 11 is 0. The topological polar surface area (TPSA) is 74.1 Å². The minimum Gasteiger partial charge on any atom is -0.384 e. The molecule has 1 heterocycles. The normalized spacial score (nSPS) is 10.7. The Balaban J connectivity index is 1.72. The summed E-state index contributed by atoms with van der Waals surface area (Å²) in [6, 6.07) is 16.1. The molecule has 0 unspecified atom stereocenters. The molecule has 0 saturated heterocycles. The van der Waals surface area contributed by atoms with Gasteiger partial charge in [0.1, 0.15) is 0 Å². The van der Waals surface area contributed by atoms with Crippen molar-refractivity contribution in [1.29, 1.82) is 0 Å². The molecule has 0 fully saturated rings. The number of carbonyl (C=O) groups excluding carboxylic acids is 2. The van der Waals surface area contributed by atoms with Gasteiger partial charge in [-0.05, 0) is 35.7 Å². The van der Waals surface area contributed by atoms with Crippen LogP contribution in [0.5, 0.6) is 0 Å². The first-order valence-corrected chi connectivity index (χ1v) is 7.89. The Morgan fingerprint density at radius 3 is 2.28 bits per heavy atom. The molecule has 3 rings (SSSR count). The molecule has 3 aromatic rings. The highest BCUT2D eigenvalue weighted by atomic mass is 16.6. The van der Waals surface area contributed by atoms with E-state index in [9.17, 15) is 9.59 Å². The highest BCUT2D eigenvalue weighted by Gasteiger charge is 2.18. The van der Waals surface area contributed by atoms with Crippen LogP contribution in [0, 0.1) is 0 Å². The molecule has 0 aliphatic heterocycles. The van der Waals surface area contributed by atoms with Crippen molar-refractivity contribution in [3.63, 3.8) is 0 Å². The van der Waals surface area contributed by atoms with Gasteiger partial charge in [0.05, 0.1) is 17.4 Å². The average molecular weight is 335 g/mol. The maximum absolute atomic E-state index is 12.1. The molecule has 0 aliphatic rings. The van der Waals surface area contributed by atoms with Crippen molar-refractivity contribution in [2.24, 2.45) is 0 Å². The van der Waals surface area contributed by atoms with E-state index >= 15 is 0 Å². The van der Waals surface area contributed by atoms with Crippen molar-refractivity contribution < 1.29 is 14.3 Å². The second-order valence-electron chi connectivity index (χ2n) is 5.84. The smallest absolute Gasteiger partial charge is 0.368 e. The van der Waals surface area contributed by atoms with Gasteiger partial charge in [-0.1, -0.05) is 49.4 Å². The fourth-order valence-corrected chi connectivity index (χ4v) is 2.27. The lowest BCUT2D eigenvalue weighted by molar-refractivity contribution is 0.0393. The number of hydrogen-bond donors (Lipinski definition) is 0. The van der Waals surface area contributed by atoms with Crippen LogP contribution in [0.25, 0.3) is 5.69 Å². The van der Waals surface area contributed by atoms with E-state index in [1.807, 2.05) is 24.3 Å². The molecule has 0 saturated carbocycles. The molecule has 1 aromatic heterocycles. The second kappa shape index (κ2) is 7.09. The van der Waals surface area contributed by atoms with Gasteiger partial charge in [0, 0.05) is 0 Å². The fraction of sp³-hybridized carbons (Fsp3) is 0.158. The molecular formula is C19H17N3O3. The van der Waals surface area contributed by atoms with Gasteiger partial charge in [-0.3, -0.25) is 0 Å². The predicted octanol–water partition coefficient (Wildman–Crippen LogP) is 3.39. The summed E-state index contributed by atoms with van der Waals surface area (Å²) in [5, 5.41) is 7.70. The van der Waals surface area contributed by atoms with E-state index < -0.39 is 11.9 Å². The number of hydrogen-bond acceptors (Lipinski definition) is 5. The first kappa shape index (κ1) is 16.6. The minimum absolute atomic E-state index is 0.0304. The Bertz CT molecular complexity index is 884. The Labute approximate surface area is 145 Å². The summed E-state index contributed by atoms with van der Waals surface area (Å²) in [7, 11) is 0. The van der Waals surface area contributed by atoms with Gasteiger partial charge in [0.2, 0.25) is 0 Å². The average Bonchev–Trinajstić information content (AvgIpc) is 3.13. The third kappa shape index (κ3) is 3.80. The SMILES string of the molecule is CC(C)c1ccc(-n2cc(C(=O)OC(=O)c3ccccc3)nn2)cc1. The molecule has 126 valence electrons. The summed E-state index contributed by atoms with van der Waals surface area (Å²) < 4.78 is 6.29. The zero-order valence-electron chi connectivity index (χ0n) is 13.9. The monoisotopic (exact) mass is 335 g/mol. The summed E-state index contributed by atoms with van der Waals surface area (Å²) in [6.45, 7) is 4.23. The van der Waals surface area contributed by atoms with Gasteiger partial charge >= 0.3 is 11.9 Å². The van der Waals surface area contributed by atoms with Crippen molar-refractivity contribution >= 4 is 11.9 Å². The Morgan fingerprint density at radius 1 is 0.960 bits per heavy atom. The van der Waals surface area contributed by atoms with Gasteiger partial charge in [0.15, 0.2) is 5.69 Å². The Morgan fingerprint density at radius 2 is 1.64 bits per heavy atom. The van der Waals surface area contributed by atoms with Crippen LogP contribution in [0.3, 0.4) is 0 Å². The molecular weight excluding hydrogens is 318 g/mol. The van der Waals surface area contributed by atoms with E-state index in [1.165, 1.54) is 16.4 Å². The minimum atomic E-state index is -0.834. The van der Waals surface area contributed by atoms with Gasteiger partial charge in [-0.2, -0.15) is 0 Å². The number of aromatic nitrogens is 3. The number of benzene rings is 2. The zero-order chi connectivity index (χ0) is 17.8. The number of nitrogens with zero attached hydrogens (tertiary/aromatic N) is 3. The second-order valence-corrected chi connectivity index (χ2v) is 5.84. The molecule has 6 nitrogen and oxygen atoms in total. The quantitative estimate of drug-likeness (QED) is 0.540. The van der Waals surface area contributed by atoms with Crippen LogP contribution in [-0.4, -0.2) is 26.9 Å². The predicted molar refractivity (Wildman–Crippen MR) is 91.6 cm³/mol. The standard InChI is InChI=1S/C19H17N3O3/c1-13(2)14-8-10-16(11-9-14)22-12-17(20-21-22)19(24)25-18(23)15-6-4-3-5-7-15/h3-13H,1-2H3. The number of carbonyl (C=O) groups is 2. The third-order valence-corrected chi connectivity index (χ3v) is 3.72. The molecule has 0 amide bonds. The van der Waals surface area contributed by atoms with Crippen LogP contribution >= 0.6 is 0 Å². The Hall–Kier alpha value is -3.28. The lowest BCUT2D eigenvalue weighted by Crippen LogP contribution is -2.13. The molecule has 25 heavy (non-hydrogen) atoms. The van der Waals surface area contributed by atoms with Crippen LogP contribution in [0.15, 0.2) is 60.8 Å². The molecule has 0 spiro atoms. The lowest BCUT2D eigenvalue weighted by Gasteiger charge is -2.06. The molecule has 0 radical (unpaired) electrons. The molecule has 0 bridgehead atoms. The lowest BCUT2D eigenvalue weighted by atomic mass is 10.0. The van der Waals surface area contributed by atoms with Gasteiger partial charge in [0.25, 0.3) is 0 Å². The fourth-order valence-electron chi connectivity index (χ4n) is 2.27. The van der Waals surface area contributed by atoms with Crippen molar-refractivity contribution in [1.82, 2.24) is 15.0 Å². The van der Waals surface area contributed by atoms with Gasteiger partial charge < -0.3 is 4.74 Å². The van der Waals surface area contributed by atoms with E-state index in [1.54, 1.807) is 30.3 Å². The van der Waals surface area contributed by atoms with E-state index in [4.69, 9.17) is 4.74 Å². The summed E-state index contributed by atoms with van der Waals surface area (Å²) in [5.41, 5.74) is 2.24. The van der Waals surface area contributed by atoms with Crippen LogP contribution in [0.2, 0.25) is 0 Å². The molecule has 0 N–H and O–H groups in total. The third-order valence-electron chi connectivity index (χ3n) is 3.72. The number of esters is 2. The van der Waals surface area contributed by atoms with E-state index in [-0.39, 0.29) is 5.69 Å². The number of ether oxygens (including phenoxy) is 1. The van der Waals surface area contributed by atoms with E-state index in [0.29, 0.717) is 11.5 Å². The maximum Gasteiger partial charge on any atom is 0.368 e. The highest BCUT2D eigenvalue weighted by molar-refractivity contribution is 6.01. The summed E-state index contributed by atoms with van der Waals surface area (Å²) in [6.07, 6.45) is 1.44. The molecule has 0 aliphatic carbocycles. The summed E-state index contributed by atoms with van der Waals surface area (Å²) in [5.74, 6) is -1.13. The molecule has 6 heteroatoms. The van der Waals surface area contributed by atoms with Crippen molar-refractivity contribution in [3.05, 3.63) is 77.6 Å². The summed E-state index contributed by atoms with van der Waals surface area (Å²) in [4.78, 5) is 24.0. The van der Waals surface area contributed by atoms with Crippen molar-refractivity contribution in [3.8, 4) is 5.69 Å². The zero-order valence-corrected chi connectivity index (χ0v) is 13.9. The van der Waals surface area contributed by atoms with Crippen LogP contribution in [0.4, 0.5) is 0 Å². The first-order chi connectivity index (χ1) is 12.0. The van der Waals surface area contributed by atoms with Gasteiger partial charge in [-0.25, -0.2) is 14.3 Å². The Kier molecular flexibility index (Phi) is 4.70. The largest absolute Gasteiger partial charge is 0.384 e. The first-order valence-electron chi connectivity index (χ1n) is 7.89. The highest BCUT2D eigenvalue weighted by Crippen LogP contribution is 2.16. The van der Waals surface area contributed by atoms with Crippen molar-refractivity contribution in [2.75, 3.05) is 0 Å². The molecule has 0 atom stereocenters.